The summed E-state index contributed by atoms with van der Waals surface area (Å²) < 4.78 is 3.42. The van der Waals surface area contributed by atoms with Gasteiger partial charge in [0.25, 0.3) is 0 Å². The van der Waals surface area contributed by atoms with Gasteiger partial charge in [-0.1, -0.05) is 0 Å². The van der Waals surface area contributed by atoms with Crippen molar-refractivity contribution in [1.82, 2.24) is 0 Å². The van der Waals surface area contributed by atoms with E-state index in [0.29, 0.717) is 20.9 Å². The Morgan fingerprint density at radius 1 is 0.692 bits per heavy atom. The van der Waals surface area contributed by atoms with E-state index in [1.807, 2.05) is 0 Å². The molecule has 0 amide bonds. The molecule has 1 aliphatic heterocycles. The van der Waals surface area contributed by atoms with E-state index in [2.05, 4.69) is 0 Å². The topological polar surface area (TPSA) is 0 Å². The van der Waals surface area contributed by atoms with Gasteiger partial charge in [-0.25, -0.2) is 0 Å². The molecule has 1 saturated heterocycles. The SMILES string of the molecule is C1CC2CCCC3C[Te]CC(C1)C23. The van der Waals surface area contributed by atoms with E-state index in [0.717, 1.165) is 0 Å². The van der Waals surface area contributed by atoms with Gasteiger partial charge in [0, 0.05) is 0 Å². The van der Waals surface area contributed by atoms with Crippen molar-refractivity contribution in [1.29, 1.82) is 0 Å². The molecule has 13 heavy (non-hydrogen) atoms. The maximum absolute atomic E-state index is 1.71. The third-order valence-corrected chi connectivity index (χ3v) is 8.39. The van der Waals surface area contributed by atoms with Crippen LogP contribution in [0.5, 0.6) is 0 Å². The molecule has 3 rings (SSSR count). The van der Waals surface area contributed by atoms with Crippen molar-refractivity contribution in [3.63, 3.8) is 0 Å². The number of hydrogen-bond donors (Lipinski definition) is 0. The summed E-state index contributed by atoms with van der Waals surface area (Å²) in [6, 6.07) is 0. The summed E-state index contributed by atoms with van der Waals surface area (Å²) in [6.07, 6.45) is 9.57. The molecule has 2 atom stereocenters. The molecule has 3 aliphatic rings. The van der Waals surface area contributed by atoms with Crippen LogP contribution in [-0.2, 0) is 0 Å². The van der Waals surface area contributed by atoms with E-state index in [-0.39, 0.29) is 0 Å². The molecule has 0 bridgehead atoms. The molecule has 3 fully saturated rings. The summed E-state index contributed by atoms with van der Waals surface area (Å²) in [5.41, 5.74) is 0. The standard InChI is InChI=1S/C12H20Te/c1-3-9-4-2-6-11-8-13-7-10(5-1)12(9)11/h9-12H,1-8H2. The first-order valence-corrected chi connectivity index (χ1v) is 9.32. The van der Waals surface area contributed by atoms with Crippen molar-refractivity contribution in [2.45, 2.75) is 47.5 Å². The van der Waals surface area contributed by atoms with Gasteiger partial charge < -0.3 is 0 Å². The first-order chi connectivity index (χ1) is 6.45. The molecule has 0 nitrogen and oxygen atoms in total. The second-order valence-electron chi connectivity index (χ2n) is 5.26. The molecule has 0 radical (unpaired) electrons. The molecule has 2 aliphatic carbocycles. The summed E-state index contributed by atoms with van der Waals surface area (Å²) in [4.78, 5) is 0. The van der Waals surface area contributed by atoms with Gasteiger partial charge in [-0.15, -0.1) is 0 Å². The normalized spacial score (nSPS) is 49.8. The number of rotatable bonds is 0. The molecular weight excluding hydrogens is 272 g/mol. The first kappa shape index (κ1) is 9.05. The van der Waals surface area contributed by atoms with E-state index < -0.39 is 0 Å². The van der Waals surface area contributed by atoms with Crippen molar-refractivity contribution >= 4 is 20.9 Å². The minimum atomic E-state index is 0.470. The minimum absolute atomic E-state index is 0.470. The second-order valence-corrected chi connectivity index (χ2v) is 8.32. The Balaban J connectivity index is 1.82. The van der Waals surface area contributed by atoms with Crippen LogP contribution in [0.4, 0.5) is 0 Å². The van der Waals surface area contributed by atoms with E-state index in [1.54, 1.807) is 47.5 Å². The van der Waals surface area contributed by atoms with Crippen LogP contribution >= 0.6 is 0 Å². The third kappa shape index (κ3) is 1.57. The van der Waals surface area contributed by atoms with E-state index in [4.69, 9.17) is 0 Å². The van der Waals surface area contributed by atoms with Crippen LogP contribution in [0.25, 0.3) is 0 Å². The molecule has 1 heterocycles. The van der Waals surface area contributed by atoms with Gasteiger partial charge in [-0.3, -0.25) is 0 Å². The van der Waals surface area contributed by atoms with Crippen LogP contribution in [0.3, 0.4) is 0 Å². The van der Waals surface area contributed by atoms with E-state index in [1.165, 1.54) is 23.7 Å². The molecule has 2 saturated carbocycles. The zero-order chi connectivity index (χ0) is 8.67. The monoisotopic (exact) mass is 294 g/mol. The maximum atomic E-state index is 1.71. The molecular formula is C12H20Te. The fourth-order valence-corrected chi connectivity index (χ4v) is 8.45. The van der Waals surface area contributed by atoms with Crippen molar-refractivity contribution < 1.29 is 0 Å². The number of hydrogen-bond acceptors (Lipinski definition) is 0. The third-order valence-electron chi connectivity index (χ3n) is 4.60. The van der Waals surface area contributed by atoms with E-state index >= 15 is 0 Å². The fourth-order valence-electron chi connectivity index (χ4n) is 4.11. The Morgan fingerprint density at radius 3 is 1.85 bits per heavy atom. The van der Waals surface area contributed by atoms with Crippen molar-refractivity contribution in [3.8, 4) is 0 Å². The summed E-state index contributed by atoms with van der Waals surface area (Å²) in [5.74, 6) is 4.85. The van der Waals surface area contributed by atoms with Gasteiger partial charge in [0.15, 0.2) is 0 Å². The van der Waals surface area contributed by atoms with E-state index in [9.17, 15) is 0 Å². The van der Waals surface area contributed by atoms with Gasteiger partial charge in [0.05, 0.1) is 0 Å². The van der Waals surface area contributed by atoms with Crippen LogP contribution in [0.15, 0.2) is 0 Å². The summed E-state index contributed by atoms with van der Waals surface area (Å²) in [6.45, 7) is 0. The molecule has 0 aromatic carbocycles. The molecule has 2 unspecified atom stereocenters. The Labute approximate surface area is 91.9 Å². The van der Waals surface area contributed by atoms with Crippen LogP contribution < -0.4 is 0 Å². The Kier molecular flexibility index (Phi) is 2.61. The van der Waals surface area contributed by atoms with Crippen LogP contribution in [0, 0.1) is 23.7 Å². The van der Waals surface area contributed by atoms with Gasteiger partial charge in [0.1, 0.15) is 0 Å². The average Bonchev–Trinajstić information content (AvgIpc) is 2.19. The summed E-state index contributed by atoms with van der Waals surface area (Å²) in [5, 5.41) is 0. The van der Waals surface area contributed by atoms with Crippen molar-refractivity contribution in [2.75, 3.05) is 0 Å². The zero-order valence-electron chi connectivity index (χ0n) is 8.37. The Hall–Kier alpha value is 0.790. The van der Waals surface area contributed by atoms with Gasteiger partial charge in [0.2, 0.25) is 0 Å². The molecule has 74 valence electrons. The second kappa shape index (κ2) is 3.74. The van der Waals surface area contributed by atoms with Crippen molar-refractivity contribution in [3.05, 3.63) is 0 Å². The van der Waals surface area contributed by atoms with Gasteiger partial charge in [-0.05, 0) is 0 Å². The zero-order valence-corrected chi connectivity index (χ0v) is 10.7. The average molecular weight is 292 g/mol. The van der Waals surface area contributed by atoms with Crippen molar-refractivity contribution in [2.24, 2.45) is 23.7 Å². The molecule has 0 N–H and O–H groups in total. The van der Waals surface area contributed by atoms with Crippen LogP contribution in [0.1, 0.15) is 38.5 Å². The quantitative estimate of drug-likeness (QED) is 0.600. The summed E-state index contributed by atoms with van der Waals surface area (Å²) >= 11 is 0.470. The predicted molar refractivity (Wildman–Crippen MR) is 57.0 cm³/mol. The predicted octanol–water partition coefficient (Wildman–Crippen LogP) is 3.37. The summed E-state index contributed by atoms with van der Waals surface area (Å²) in [7, 11) is 0. The van der Waals surface area contributed by atoms with Gasteiger partial charge in [-0.2, -0.15) is 0 Å². The molecule has 0 aromatic heterocycles. The first-order valence-electron chi connectivity index (χ1n) is 6.03. The van der Waals surface area contributed by atoms with Crippen LogP contribution in [-0.4, -0.2) is 20.9 Å². The molecule has 1 heteroatoms. The van der Waals surface area contributed by atoms with Crippen LogP contribution in [0.2, 0.25) is 8.94 Å². The Morgan fingerprint density at radius 2 is 1.23 bits per heavy atom. The van der Waals surface area contributed by atoms with Gasteiger partial charge >= 0.3 is 92.1 Å². The molecule has 0 spiro atoms. The Bertz CT molecular complexity index is 144. The fraction of sp³-hybridized carbons (Fsp3) is 1.00. The molecule has 0 aromatic rings.